The number of nitrogens with zero attached hydrogens (tertiary/aromatic N) is 5. The van der Waals surface area contributed by atoms with Gasteiger partial charge < -0.3 is 9.80 Å². The smallest absolute Gasteiger partial charge is 0.276 e. The van der Waals surface area contributed by atoms with E-state index in [1.807, 2.05) is 30.3 Å². The lowest BCUT2D eigenvalue weighted by atomic mass is 9.78. The summed E-state index contributed by atoms with van der Waals surface area (Å²) in [6.07, 6.45) is 6.84. The molecule has 0 bridgehead atoms. The van der Waals surface area contributed by atoms with Gasteiger partial charge in [0.2, 0.25) is 5.91 Å². The molecule has 0 radical (unpaired) electrons. The van der Waals surface area contributed by atoms with Crippen molar-refractivity contribution in [1.29, 1.82) is 0 Å². The van der Waals surface area contributed by atoms with Crippen LogP contribution in [0.2, 0.25) is 0 Å². The number of benzene rings is 1. The normalized spacial score (nSPS) is 24.9. The molecule has 2 saturated heterocycles. The third-order valence-electron chi connectivity index (χ3n) is 6.37. The average molecular weight is 379 g/mol. The van der Waals surface area contributed by atoms with Gasteiger partial charge in [0.15, 0.2) is 5.69 Å². The third-order valence-corrected chi connectivity index (χ3v) is 6.37. The van der Waals surface area contributed by atoms with Gasteiger partial charge in [-0.15, -0.1) is 5.10 Å². The molecule has 146 valence electrons. The monoisotopic (exact) mass is 379 g/mol. The Balaban J connectivity index is 1.29. The van der Waals surface area contributed by atoms with Crippen molar-refractivity contribution < 1.29 is 9.59 Å². The van der Waals surface area contributed by atoms with E-state index in [9.17, 15) is 9.59 Å². The van der Waals surface area contributed by atoms with Gasteiger partial charge in [-0.05, 0) is 50.2 Å². The van der Waals surface area contributed by atoms with Gasteiger partial charge in [-0.1, -0.05) is 23.4 Å². The summed E-state index contributed by atoms with van der Waals surface area (Å²) in [4.78, 5) is 30.0. The van der Waals surface area contributed by atoms with E-state index in [2.05, 4.69) is 15.2 Å². The second-order valence-corrected chi connectivity index (χ2v) is 8.44. The van der Waals surface area contributed by atoms with Crippen molar-refractivity contribution in [3.8, 4) is 5.69 Å². The molecule has 7 nitrogen and oxygen atoms in total. The Labute approximate surface area is 164 Å². The molecular weight excluding hydrogens is 354 g/mol. The van der Waals surface area contributed by atoms with Crippen molar-refractivity contribution in [3.63, 3.8) is 0 Å². The van der Waals surface area contributed by atoms with Gasteiger partial charge >= 0.3 is 0 Å². The summed E-state index contributed by atoms with van der Waals surface area (Å²) in [5, 5.41) is 8.17. The van der Waals surface area contributed by atoms with Crippen molar-refractivity contribution >= 4 is 11.8 Å². The van der Waals surface area contributed by atoms with Crippen LogP contribution in [0.3, 0.4) is 0 Å². The molecule has 3 aliphatic rings. The number of likely N-dealkylation sites (tertiary alicyclic amines) is 2. The summed E-state index contributed by atoms with van der Waals surface area (Å²) < 4.78 is 1.61. The SMILES string of the molecule is O=C(c1cn(-c2ccccc2)nn1)N1CCC2(CCCN(CC3CC3)C2=O)C1. The number of hydrogen-bond donors (Lipinski definition) is 0. The second kappa shape index (κ2) is 6.72. The second-order valence-electron chi connectivity index (χ2n) is 8.44. The number of carbonyl (C=O) groups excluding carboxylic acids is 2. The molecule has 0 N–H and O–H groups in total. The van der Waals surface area contributed by atoms with Crippen LogP contribution >= 0.6 is 0 Å². The number of aromatic nitrogens is 3. The number of piperidine rings is 1. The molecular formula is C21H25N5O2. The summed E-state index contributed by atoms with van der Waals surface area (Å²) >= 11 is 0. The lowest BCUT2D eigenvalue weighted by Crippen LogP contribution is -2.51. The van der Waals surface area contributed by atoms with E-state index in [1.54, 1.807) is 15.8 Å². The van der Waals surface area contributed by atoms with Gasteiger partial charge in [0.05, 0.1) is 17.3 Å². The summed E-state index contributed by atoms with van der Waals surface area (Å²) in [5.41, 5.74) is 0.808. The molecule has 3 heterocycles. The van der Waals surface area contributed by atoms with Crippen molar-refractivity contribution in [2.75, 3.05) is 26.2 Å². The maximum Gasteiger partial charge on any atom is 0.276 e. The molecule has 2 aromatic rings. The summed E-state index contributed by atoms with van der Waals surface area (Å²) in [5.74, 6) is 0.825. The number of amides is 2. The maximum absolute atomic E-state index is 13.2. The van der Waals surface area contributed by atoms with Crippen LogP contribution in [0.25, 0.3) is 5.69 Å². The van der Waals surface area contributed by atoms with Crippen LogP contribution in [0.4, 0.5) is 0 Å². The zero-order chi connectivity index (χ0) is 19.1. The lowest BCUT2D eigenvalue weighted by molar-refractivity contribution is -0.145. The van der Waals surface area contributed by atoms with E-state index in [0.29, 0.717) is 24.7 Å². The highest BCUT2D eigenvalue weighted by molar-refractivity contribution is 5.93. The van der Waals surface area contributed by atoms with E-state index in [0.717, 1.165) is 38.0 Å². The van der Waals surface area contributed by atoms with Gasteiger partial charge in [0.25, 0.3) is 5.91 Å². The predicted molar refractivity (Wildman–Crippen MR) is 103 cm³/mol. The topological polar surface area (TPSA) is 71.3 Å². The molecule has 2 amide bonds. The van der Waals surface area contributed by atoms with E-state index < -0.39 is 5.41 Å². The van der Waals surface area contributed by atoms with Crippen LogP contribution in [-0.4, -0.2) is 62.8 Å². The quantitative estimate of drug-likeness (QED) is 0.816. The largest absolute Gasteiger partial charge is 0.342 e. The number of para-hydroxylation sites is 1. The fourth-order valence-electron chi connectivity index (χ4n) is 4.59. The van der Waals surface area contributed by atoms with Gasteiger partial charge in [0.1, 0.15) is 0 Å². The fourth-order valence-corrected chi connectivity index (χ4v) is 4.59. The fraction of sp³-hybridized carbons (Fsp3) is 0.524. The first kappa shape index (κ1) is 17.4. The van der Waals surface area contributed by atoms with Crippen LogP contribution in [0.5, 0.6) is 0 Å². The molecule has 5 rings (SSSR count). The van der Waals surface area contributed by atoms with Crippen molar-refractivity contribution in [1.82, 2.24) is 24.8 Å². The van der Waals surface area contributed by atoms with Crippen molar-refractivity contribution in [2.24, 2.45) is 11.3 Å². The van der Waals surface area contributed by atoms with Gasteiger partial charge in [-0.25, -0.2) is 4.68 Å². The van der Waals surface area contributed by atoms with Gasteiger partial charge in [-0.3, -0.25) is 9.59 Å². The van der Waals surface area contributed by atoms with Crippen LogP contribution in [0, 0.1) is 11.3 Å². The van der Waals surface area contributed by atoms with Crippen molar-refractivity contribution in [3.05, 3.63) is 42.2 Å². The highest BCUT2D eigenvalue weighted by Gasteiger charge is 2.50. The van der Waals surface area contributed by atoms with Crippen LogP contribution in [0.15, 0.2) is 36.5 Å². The molecule has 7 heteroatoms. The van der Waals surface area contributed by atoms with Crippen LogP contribution < -0.4 is 0 Å². The summed E-state index contributed by atoms with van der Waals surface area (Å²) in [7, 11) is 0. The molecule has 3 fully saturated rings. The zero-order valence-electron chi connectivity index (χ0n) is 16.0. The predicted octanol–water partition coefficient (Wildman–Crippen LogP) is 2.13. The first-order chi connectivity index (χ1) is 13.6. The Kier molecular flexibility index (Phi) is 4.18. The van der Waals surface area contributed by atoms with Crippen molar-refractivity contribution in [2.45, 2.75) is 32.1 Å². The summed E-state index contributed by atoms with van der Waals surface area (Å²) in [6, 6.07) is 9.62. The Hall–Kier alpha value is -2.70. The first-order valence-electron chi connectivity index (χ1n) is 10.2. The van der Waals surface area contributed by atoms with Gasteiger partial charge in [0, 0.05) is 26.2 Å². The number of hydrogen-bond acceptors (Lipinski definition) is 4. The van der Waals surface area contributed by atoms with Gasteiger partial charge in [-0.2, -0.15) is 0 Å². The van der Waals surface area contributed by atoms with E-state index >= 15 is 0 Å². The number of rotatable bonds is 4. The number of carbonyl (C=O) groups is 2. The molecule has 1 saturated carbocycles. The Morgan fingerprint density at radius 3 is 2.75 bits per heavy atom. The molecule has 1 atom stereocenters. The molecule has 1 aromatic heterocycles. The zero-order valence-corrected chi connectivity index (χ0v) is 16.0. The van der Waals surface area contributed by atoms with E-state index in [4.69, 9.17) is 0 Å². The lowest BCUT2D eigenvalue weighted by Gasteiger charge is -2.39. The minimum Gasteiger partial charge on any atom is -0.342 e. The maximum atomic E-state index is 13.2. The molecule has 2 aliphatic heterocycles. The summed E-state index contributed by atoms with van der Waals surface area (Å²) in [6.45, 7) is 2.89. The Morgan fingerprint density at radius 2 is 1.96 bits per heavy atom. The van der Waals surface area contributed by atoms with E-state index in [-0.39, 0.29) is 11.8 Å². The minimum absolute atomic E-state index is 0.133. The molecule has 1 spiro atoms. The average Bonchev–Trinajstić information content (AvgIpc) is 3.24. The molecule has 28 heavy (non-hydrogen) atoms. The highest BCUT2D eigenvalue weighted by atomic mass is 16.2. The third kappa shape index (κ3) is 3.08. The Bertz CT molecular complexity index is 891. The highest BCUT2D eigenvalue weighted by Crippen LogP contribution is 2.42. The molecule has 1 aliphatic carbocycles. The molecule has 1 unspecified atom stereocenters. The van der Waals surface area contributed by atoms with Crippen LogP contribution in [-0.2, 0) is 4.79 Å². The minimum atomic E-state index is -0.391. The van der Waals surface area contributed by atoms with E-state index in [1.165, 1.54) is 12.8 Å². The van der Waals surface area contributed by atoms with Crippen LogP contribution in [0.1, 0.15) is 42.6 Å². The first-order valence-corrected chi connectivity index (χ1v) is 10.2. The Morgan fingerprint density at radius 1 is 1.14 bits per heavy atom. The standard InChI is InChI=1S/C21H25N5O2/c27-19(18-14-26(23-22-18)17-5-2-1-3-6-17)25-12-10-21(15-25)9-4-11-24(20(21)28)13-16-7-8-16/h1-3,5-6,14,16H,4,7-13,15H2. The molecule has 1 aromatic carbocycles.